The Bertz CT molecular complexity index is 663. The van der Waals surface area contributed by atoms with Gasteiger partial charge < -0.3 is 14.9 Å². The summed E-state index contributed by atoms with van der Waals surface area (Å²) in [6, 6.07) is 11.9. The van der Waals surface area contributed by atoms with Gasteiger partial charge >= 0.3 is 0 Å². The summed E-state index contributed by atoms with van der Waals surface area (Å²) in [6.07, 6.45) is 0.0903. The predicted octanol–water partition coefficient (Wildman–Crippen LogP) is 2.89. The average molecular weight is 377 g/mol. The van der Waals surface area contributed by atoms with E-state index in [9.17, 15) is 19.0 Å². The minimum atomic E-state index is -0.723. The summed E-state index contributed by atoms with van der Waals surface area (Å²) in [7, 11) is 0. The van der Waals surface area contributed by atoms with Crippen LogP contribution in [-0.4, -0.2) is 53.6 Å². The summed E-state index contributed by atoms with van der Waals surface area (Å²) >= 11 is 0. The topological polar surface area (TPSA) is 52.9 Å². The number of piperidine rings is 1. The number of rotatable bonds is 7. The maximum Gasteiger partial charge on any atom is 0.123 e. The summed E-state index contributed by atoms with van der Waals surface area (Å²) < 4.78 is 32.5. The summed E-state index contributed by atoms with van der Waals surface area (Å²) in [6.45, 7) is 1.88. The van der Waals surface area contributed by atoms with Crippen LogP contribution >= 0.6 is 0 Å². The van der Waals surface area contributed by atoms with E-state index in [1.54, 1.807) is 24.3 Å². The van der Waals surface area contributed by atoms with Gasteiger partial charge in [-0.25, -0.2) is 8.78 Å². The van der Waals surface area contributed by atoms with Gasteiger partial charge in [-0.3, -0.25) is 4.90 Å². The van der Waals surface area contributed by atoms with Crippen molar-refractivity contribution in [2.75, 3.05) is 26.2 Å². The van der Waals surface area contributed by atoms with E-state index >= 15 is 0 Å². The van der Waals surface area contributed by atoms with Crippen molar-refractivity contribution in [1.29, 1.82) is 0 Å². The van der Waals surface area contributed by atoms with Crippen LogP contribution < -0.4 is 0 Å². The molecule has 2 aromatic carbocycles. The van der Waals surface area contributed by atoms with E-state index < -0.39 is 12.2 Å². The fourth-order valence-corrected chi connectivity index (χ4v) is 3.42. The average Bonchev–Trinajstić information content (AvgIpc) is 2.64. The second-order valence-electron chi connectivity index (χ2n) is 7.03. The Balaban J connectivity index is 1.66. The number of aliphatic hydroxyl groups is 2. The first kappa shape index (κ1) is 19.9. The van der Waals surface area contributed by atoms with Crippen molar-refractivity contribution in [1.82, 2.24) is 4.90 Å². The maximum absolute atomic E-state index is 13.3. The van der Waals surface area contributed by atoms with E-state index in [2.05, 4.69) is 0 Å². The van der Waals surface area contributed by atoms with E-state index in [-0.39, 0.29) is 24.3 Å². The second-order valence-corrected chi connectivity index (χ2v) is 7.03. The Morgan fingerprint density at radius 1 is 1.00 bits per heavy atom. The fraction of sp³-hybridized carbons (Fsp3) is 0.429. The zero-order chi connectivity index (χ0) is 19.2. The zero-order valence-corrected chi connectivity index (χ0v) is 15.1. The highest BCUT2D eigenvalue weighted by Gasteiger charge is 2.22. The number of β-amino-alcohol motifs (C(OH)–C–C–N with tert-alkyl or cyclic N) is 2. The molecule has 2 atom stereocenters. The lowest BCUT2D eigenvalue weighted by molar-refractivity contribution is -0.0205. The molecule has 0 radical (unpaired) electrons. The van der Waals surface area contributed by atoms with Gasteiger partial charge in [0.15, 0.2) is 0 Å². The van der Waals surface area contributed by atoms with E-state index in [4.69, 9.17) is 4.74 Å². The van der Waals surface area contributed by atoms with Gasteiger partial charge in [-0.15, -0.1) is 0 Å². The van der Waals surface area contributed by atoms with Crippen molar-refractivity contribution in [3.05, 3.63) is 71.3 Å². The third kappa shape index (κ3) is 5.81. The van der Waals surface area contributed by atoms with Gasteiger partial charge in [0.05, 0.1) is 18.8 Å². The molecule has 0 bridgehead atoms. The molecule has 27 heavy (non-hydrogen) atoms. The number of halogens is 2. The number of hydrogen-bond donors (Lipinski definition) is 2. The SMILES string of the molecule is O[C@H]1CCCN(C[C@@H](O)COC(c2ccc(F)cc2)c2ccc(F)cc2)C1. The maximum atomic E-state index is 13.3. The highest BCUT2D eigenvalue weighted by Crippen LogP contribution is 2.27. The van der Waals surface area contributed by atoms with E-state index in [1.165, 1.54) is 24.3 Å². The molecule has 0 saturated carbocycles. The van der Waals surface area contributed by atoms with Gasteiger partial charge in [0.25, 0.3) is 0 Å². The molecule has 3 rings (SSSR count). The van der Waals surface area contributed by atoms with Crippen molar-refractivity contribution >= 4 is 0 Å². The largest absolute Gasteiger partial charge is 0.392 e. The minimum absolute atomic E-state index is 0.0754. The van der Waals surface area contributed by atoms with Gasteiger partial charge in [-0.1, -0.05) is 24.3 Å². The zero-order valence-electron chi connectivity index (χ0n) is 15.1. The molecule has 0 spiro atoms. The van der Waals surface area contributed by atoms with Crippen LogP contribution in [0.5, 0.6) is 0 Å². The van der Waals surface area contributed by atoms with Gasteiger partial charge in [0.1, 0.15) is 17.7 Å². The smallest absolute Gasteiger partial charge is 0.123 e. The number of ether oxygens (including phenoxy) is 1. The monoisotopic (exact) mass is 377 g/mol. The normalized spacial score (nSPS) is 19.4. The molecule has 2 aromatic rings. The molecular formula is C21H25F2NO3. The first-order valence-corrected chi connectivity index (χ1v) is 9.22. The Morgan fingerprint density at radius 2 is 1.56 bits per heavy atom. The summed E-state index contributed by atoms with van der Waals surface area (Å²) in [5.41, 5.74) is 1.45. The lowest BCUT2D eigenvalue weighted by atomic mass is 10.0. The molecule has 1 heterocycles. The fourth-order valence-electron chi connectivity index (χ4n) is 3.42. The van der Waals surface area contributed by atoms with Crippen molar-refractivity contribution in [3.8, 4) is 0 Å². The summed E-state index contributed by atoms with van der Waals surface area (Å²) in [5, 5.41) is 20.1. The lowest BCUT2D eigenvalue weighted by Crippen LogP contribution is -2.43. The van der Waals surface area contributed by atoms with Crippen LogP contribution in [0, 0.1) is 11.6 Å². The van der Waals surface area contributed by atoms with Crippen molar-refractivity contribution < 1.29 is 23.7 Å². The molecule has 0 aliphatic carbocycles. The van der Waals surface area contributed by atoms with E-state index in [0.717, 1.165) is 30.5 Å². The van der Waals surface area contributed by atoms with Crippen LogP contribution in [0.25, 0.3) is 0 Å². The van der Waals surface area contributed by atoms with Gasteiger partial charge in [-0.2, -0.15) is 0 Å². The third-order valence-corrected chi connectivity index (χ3v) is 4.75. The van der Waals surface area contributed by atoms with Gasteiger partial charge in [0, 0.05) is 13.1 Å². The Kier molecular flexibility index (Phi) is 6.90. The molecule has 2 N–H and O–H groups in total. The van der Waals surface area contributed by atoms with Crippen molar-refractivity contribution in [3.63, 3.8) is 0 Å². The molecule has 1 aliphatic rings. The number of aliphatic hydroxyl groups excluding tert-OH is 2. The molecule has 6 heteroatoms. The molecule has 1 fully saturated rings. The molecular weight excluding hydrogens is 352 g/mol. The van der Waals surface area contributed by atoms with Crippen LogP contribution in [0.4, 0.5) is 8.78 Å². The highest BCUT2D eigenvalue weighted by atomic mass is 19.1. The number of hydrogen-bond acceptors (Lipinski definition) is 4. The van der Waals surface area contributed by atoms with E-state index in [0.29, 0.717) is 13.1 Å². The standard InChI is InChI=1S/C21H25F2NO3/c22-17-7-3-15(4-8-17)21(16-5-9-18(23)10-6-16)27-14-20(26)13-24-11-1-2-19(25)12-24/h3-10,19-21,25-26H,1-2,11-14H2/t19-,20+/m0/s1. The van der Waals surface area contributed by atoms with E-state index in [1.807, 2.05) is 4.90 Å². The van der Waals surface area contributed by atoms with Gasteiger partial charge in [-0.05, 0) is 54.8 Å². The minimum Gasteiger partial charge on any atom is -0.392 e. The summed E-state index contributed by atoms with van der Waals surface area (Å²) in [5.74, 6) is -0.694. The van der Waals surface area contributed by atoms with Crippen molar-refractivity contribution in [2.45, 2.75) is 31.2 Å². The van der Waals surface area contributed by atoms with Crippen molar-refractivity contribution in [2.24, 2.45) is 0 Å². The molecule has 0 aromatic heterocycles. The Labute approximate surface area is 158 Å². The van der Waals surface area contributed by atoms with Crippen LogP contribution in [0.3, 0.4) is 0 Å². The predicted molar refractivity (Wildman–Crippen MR) is 98.3 cm³/mol. The third-order valence-electron chi connectivity index (χ3n) is 4.75. The first-order valence-electron chi connectivity index (χ1n) is 9.22. The number of benzene rings is 2. The van der Waals surface area contributed by atoms with Crippen LogP contribution in [-0.2, 0) is 4.74 Å². The molecule has 1 aliphatic heterocycles. The Hall–Kier alpha value is -1.86. The van der Waals surface area contributed by atoms with Crippen LogP contribution in [0.2, 0.25) is 0 Å². The molecule has 1 saturated heterocycles. The summed E-state index contributed by atoms with van der Waals surface area (Å²) in [4.78, 5) is 2.02. The van der Waals surface area contributed by atoms with Crippen LogP contribution in [0.15, 0.2) is 48.5 Å². The lowest BCUT2D eigenvalue weighted by Gasteiger charge is -2.31. The van der Waals surface area contributed by atoms with Crippen LogP contribution in [0.1, 0.15) is 30.1 Å². The molecule has 0 unspecified atom stereocenters. The molecule has 0 amide bonds. The molecule has 4 nitrogen and oxygen atoms in total. The second kappa shape index (κ2) is 9.37. The quantitative estimate of drug-likeness (QED) is 0.779. The first-order chi connectivity index (χ1) is 13.0. The molecule has 146 valence electrons. The number of nitrogens with zero attached hydrogens (tertiary/aromatic N) is 1. The highest BCUT2D eigenvalue weighted by molar-refractivity contribution is 5.30. The number of likely N-dealkylation sites (tertiary alicyclic amines) is 1. The Morgan fingerprint density at radius 3 is 2.07 bits per heavy atom. The van der Waals surface area contributed by atoms with Gasteiger partial charge in [0.2, 0.25) is 0 Å².